The number of alkyl halides is 3. The summed E-state index contributed by atoms with van der Waals surface area (Å²) in [5.41, 5.74) is 3.56. The fourth-order valence-electron chi connectivity index (χ4n) is 3.03. The first-order valence-electron chi connectivity index (χ1n) is 9.54. The number of hydrogen-bond donors (Lipinski definition) is 2. The highest BCUT2D eigenvalue weighted by molar-refractivity contribution is 7.92. The monoisotopic (exact) mass is 511 g/mol. The van der Waals surface area contributed by atoms with Crippen molar-refractivity contribution in [3.8, 4) is 0 Å². The average molecular weight is 512 g/mol. The first kappa shape index (κ1) is 25.1. The normalized spacial score (nSPS) is 11.6. The Morgan fingerprint density at radius 2 is 1.59 bits per heavy atom. The van der Waals surface area contributed by atoms with E-state index in [0.717, 1.165) is 6.07 Å². The van der Waals surface area contributed by atoms with Gasteiger partial charge in [0.25, 0.3) is 15.9 Å². The van der Waals surface area contributed by atoms with Gasteiger partial charge in [-0.05, 0) is 42.5 Å². The Morgan fingerprint density at radius 1 is 0.971 bits per heavy atom. The molecule has 0 atom stereocenters. The van der Waals surface area contributed by atoms with Gasteiger partial charge in [0.05, 0.1) is 32.4 Å². The van der Waals surface area contributed by atoms with Gasteiger partial charge in [0.1, 0.15) is 6.54 Å². The molecule has 0 aliphatic carbocycles. The van der Waals surface area contributed by atoms with E-state index in [-0.39, 0.29) is 21.2 Å². The number of carbonyl (C=O) groups excluding carboxylic acids is 2. The summed E-state index contributed by atoms with van der Waals surface area (Å²) in [6, 6.07) is 14.7. The van der Waals surface area contributed by atoms with Crippen molar-refractivity contribution in [3.05, 3.63) is 88.9 Å². The minimum atomic E-state index is -4.79. The van der Waals surface area contributed by atoms with Crippen LogP contribution >= 0.6 is 11.6 Å². The molecule has 3 aromatic carbocycles. The zero-order chi connectivity index (χ0) is 25.1. The van der Waals surface area contributed by atoms with Crippen molar-refractivity contribution in [1.29, 1.82) is 0 Å². The van der Waals surface area contributed by atoms with Crippen LogP contribution in [0.1, 0.15) is 15.9 Å². The van der Waals surface area contributed by atoms with Gasteiger partial charge < -0.3 is 11.1 Å². The molecule has 0 unspecified atom stereocenters. The Balaban J connectivity index is 2.07. The maximum Gasteiger partial charge on any atom is 0.416 e. The van der Waals surface area contributed by atoms with E-state index in [9.17, 15) is 31.2 Å². The maximum atomic E-state index is 13.3. The fourth-order valence-corrected chi connectivity index (χ4v) is 4.75. The summed E-state index contributed by atoms with van der Waals surface area (Å²) in [7, 11) is -4.52. The van der Waals surface area contributed by atoms with Crippen molar-refractivity contribution in [2.75, 3.05) is 16.2 Å². The minimum Gasteiger partial charge on any atom is -0.366 e. The van der Waals surface area contributed by atoms with Crippen LogP contribution in [0.25, 0.3) is 0 Å². The molecule has 0 spiro atoms. The number of amides is 2. The van der Waals surface area contributed by atoms with Crippen LogP contribution in [0.15, 0.2) is 77.7 Å². The summed E-state index contributed by atoms with van der Waals surface area (Å²) in [5.74, 6) is -1.78. The maximum absolute atomic E-state index is 13.3. The molecule has 12 heteroatoms. The number of primary amides is 1. The van der Waals surface area contributed by atoms with Crippen molar-refractivity contribution in [2.45, 2.75) is 11.1 Å². The number of halogens is 4. The minimum absolute atomic E-state index is 0.00667. The number of anilines is 2. The van der Waals surface area contributed by atoms with Crippen LogP contribution in [0.2, 0.25) is 5.02 Å². The molecule has 0 aromatic heterocycles. The summed E-state index contributed by atoms with van der Waals surface area (Å²) >= 11 is 6.08. The summed E-state index contributed by atoms with van der Waals surface area (Å²) in [6.45, 7) is -0.939. The molecular weight excluding hydrogens is 495 g/mol. The van der Waals surface area contributed by atoms with E-state index in [2.05, 4.69) is 5.32 Å². The van der Waals surface area contributed by atoms with Gasteiger partial charge in [-0.15, -0.1) is 0 Å². The third-order valence-electron chi connectivity index (χ3n) is 4.63. The molecule has 3 N–H and O–H groups in total. The van der Waals surface area contributed by atoms with Crippen LogP contribution in [0.3, 0.4) is 0 Å². The molecule has 0 bridgehead atoms. The van der Waals surface area contributed by atoms with E-state index in [0.29, 0.717) is 16.4 Å². The molecule has 0 fully saturated rings. The van der Waals surface area contributed by atoms with Gasteiger partial charge in [0, 0.05) is 0 Å². The lowest BCUT2D eigenvalue weighted by Gasteiger charge is -2.26. The smallest absolute Gasteiger partial charge is 0.366 e. The molecule has 3 aromatic rings. The van der Waals surface area contributed by atoms with Gasteiger partial charge in [-0.3, -0.25) is 13.9 Å². The quantitative estimate of drug-likeness (QED) is 0.493. The lowest BCUT2D eigenvalue weighted by Crippen LogP contribution is -2.38. The van der Waals surface area contributed by atoms with Crippen LogP contribution in [0.5, 0.6) is 0 Å². The lowest BCUT2D eigenvalue weighted by molar-refractivity contribution is -0.137. The van der Waals surface area contributed by atoms with Gasteiger partial charge >= 0.3 is 6.18 Å². The number of nitrogens with two attached hydrogens (primary N) is 1. The van der Waals surface area contributed by atoms with Crippen molar-refractivity contribution in [1.82, 2.24) is 0 Å². The van der Waals surface area contributed by atoms with E-state index in [1.807, 2.05) is 0 Å². The second kappa shape index (κ2) is 9.74. The number of nitrogens with one attached hydrogen (secondary N) is 1. The molecule has 0 aliphatic rings. The molecule has 0 radical (unpaired) electrons. The highest BCUT2D eigenvalue weighted by Crippen LogP contribution is 2.37. The zero-order valence-electron chi connectivity index (χ0n) is 17.2. The molecular formula is C22H17ClF3N3O4S. The summed E-state index contributed by atoms with van der Waals surface area (Å²) in [4.78, 5) is 24.1. The van der Waals surface area contributed by atoms with E-state index >= 15 is 0 Å². The van der Waals surface area contributed by atoms with E-state index < -0.39 is 45.8 Å². The largest absolute Gasteiger partial charge is 0.416 e. The second-order valence-corrected chi connectivity index (χ2v) is 9.22. The van der Waals surface area contributed by atoms with Crippen LogP contribution in [0.4, 0.5) is 24.5 Å². The third kappa shape index (κ3) is 5.49. The van der Waals surface area contributed by atoms with Gasteiger partial charge in [-0.25, -0.2) is 8.42 Å². The number of rotatable bonds is 7. The molecule has 2 amide bonds. The first-order chi connectivity index (χ1) is 15.9. The highest BCUT2D eigenvalue weighted by atomic mass is 35.5. The van der Waals surface area contributed by atoms with Gasteiger partial charge in [0.15, 0.2) is 0 Å². The Morgan fingerprint density at radius 3 is 2.21 bits per heavy atom. The van der Waals surface area contributed by atoms with Crippen LogP contribution < -0.4 is 15.4 Å². The molecule has 0 heterocycles. The molecule has 0 saturated heterocycles. The van der Waals surface area contributed by atoms with Crippen molar-refractivity contribution < 1.29 is 31.2 Å². The lowest BCUT2D eigenvalue weighted by atomic mass is 10.1. The summed E-state index contributed by atoms with van der Waals surface area (Å²) < 4.78 is 67.1. The van der Waals surface area contributed by atoms with Crippen molar-refractivity contribution in [2.24, 2.45) is 5.73 Å². The SMILES string of the molecule is NC(=O)c1ccccc1NC(=O)CN(c1cc(C(F)(F)F)ccc1Cl)S(=O)(=O)c1ccccc1. The average Bonchev–Trinajstić information content (AvgIpc) is 2.78. The second-order valence-electron chi connectivity index (χ2n) is 6.95. The van der Waals surface area contributed by atoms with Gasteiger partial charge in [0.2, 0.25) is 5.91 Å². The molecule has 0 aliphatic heterocycles. The van der Waals surface area contributed by atoms with Gasteiger partial charge in [-0.2, -0.15) is 13.2 Å². The van der Waals surface area contributed by atoms with Crippen LogP contribution in [-0.2, 0) is 21.0 Å². The summed E-state index contributed by atoms with van der Waals surface area (Å²) in [6.07, 6.45) is -4.79. The number of nitrogens with zero attached hydrogens (tertiary/aromatic N) is 1. The van der Waals surface area contributed by atoms with Crippen molar-refractivity contribution in [3.63, 3.8) is 0 Å². The summed E-state index contributed by atoms with van der Waals surface area (Å²) in [5, 5.41) is 2.05. The third-order valence-corrected chi connectivity index (χ3v) is 6.72. The topological polar surface area (TPSA) is 110 Å². The van der Waals surface area contributed by atoms with E-state index in [1.165, 1.54) is 48.5 Å². The number of sulfonamides is 1. The van der Waals surface area contributed by atoms with E-state index in [1.54, 1.807) is 6.07 Å². The number of para-hydroxylation sites is 1. The first-order valence-corrected chi connectivity index (χ1v) is 11.4. The van der Waals surface area contributed by atoms with Crippen LogP contribution in [0, 0.1) is 0 Å². The fraction of sp³-hybridized carbons (Fsp3) is 0.0909. The molecule has 34 heavy (non-hydrogen) atoms. The highest BCUT2D eigenvalue weighted by Gasteiger charge is 2.34. The van der Waals surface area contributed by atoms with Crippen molar-refractivity contribution >= 4 is 44.8 Å². The Bertz CT molecular complexity index is 1330. The van der Waals surface area contributed by atoms with Gasteiger partial charge in [-0.1, -0.05) is 41.9 Å². The Hall–Kier alpha value is -3.57. The number of benzene rings is 3. The number of hydrogen-bond acceptors (Lipinski definition) is 4. The molecule has 3 rings (SSSR count). The Kier molecular flexibility index (Phi) is 7.18. The molecule has 178 valence electrons. The van der Waals surface area contributed by atoms with Crippen LogP contribution in [-0.4, -0.2) is 26.8 Å². The zero-order valence-corrected chi connectivity index (χ0v) is 18.8. The Labute approximate surface area is 198 Å². The van der Waals surface area contributed by atoms with E-state index in [4.69, 9.17) is 17.3 Å². The molecule has 0 saturated carbocycles. The predicted octanol–water partition coefficient (Wildman–Crippen LogP) is 4.29. The standard InChI is InChI=1S/C22H17ClF3N3O4S/c23-17-11-10-14(22(24,25)26)12-19(17)29(34(32,33)15-6-2-1-3-7-15)13-20(30)28-18-9-5-4-8-16(18)21(27)31/h1-12H,13H2,(H2,27,31)(H,28,30). The number of carbonyl (C=O) groups is 2. The predicted molar refractivity (Wildman–Crippen MR) is 121 cm³/mol. The molecule has 7 nitrogen and oxygen atoms in total.